The predicted octanol–water partition coefficient (Wildman–Crippen LogP) is 6.04. The van der Waals surface area contributed by atoms with Gasteiger partial charge in [-0.3, -0.25) is 9.36 Å². The summed E-state index contributed by atoms with van der Waals surface area (Å²) in [4.78, 5) is 19.7. The van der Waals surface area contributed by atoms with E-state index in [1.54, 1.807) is 10.6 Å². The largest absolute Gasteiger partial charge is 0.374 e. The summed E-state index contributed by atoms with van der Waals surface area (Å²) >= 11 is 0. The van der Waals surface area contributed by atoms with Crippen molar-refractivity contribution in [2.75, 3.05) is 13.1 Å². The Labute approximate surface area is 201 Å². The minimum absolute atomic E-state index is 0.0219. The number of benzene rings is 2. The maximum absolute atomic E-state index is 12.7. The second-order valence-electron chi connectivity index (χ2n) is 9.70. The van der Waals surface area contributed by atoms with E-state index in [9.17, 15) is 4.79 Å². The zero-order valence-electron chi connectivity index (χ0n) is 20.4. The SMILES string of the molecule is CC1=C(N2CCC(Cc3cccc4ccccc34)CC2)CC=CC(n2c(C)nc(C)cc2=O)=C1. The Bertz CT molecular complexity index is 1360. The Morgan fingerprint density at radius 3 is 2.56 bits per heavy atom. The van der Waals surface area contributed by atoms with E-state index < -0.39 is 0 Å². The number of rotatable bonds is 4. The van der Waals surface area contributed by atoms with Crippen molar-refractivity contribution in [2.45, 2.75) is 46.5 Å². The van der Waals surface area contributed by atoms with Crippen LogP contribution >= 0.6 is 0 Å². The van der Waals surface area contributed by atoms with E-state index in [1.165, 1.54) is 40.4 Å². The van der Waals surface area contributed by atoms with Gasteiger partial charge in [-0.25, -0.2) is 4.98 Å². The van der Waals surface area contributed by atoms with Gasteiger partial charge >= 0.3 is 0 Å². The van der Waals surface area contributed by atoms with E-state index in [0.717, 1.165) is 49.1 Å². The summed E-state index contributed by atoms with van der Waals surface area (Å²) in [5, 5.41) is 2.73. The summed E-state index contributed by atoms with van der Waals surface area (Å²) in [5.74, 6) is 1.45. The van der Waals surface area contributed by atoms with E-state index in [1.807, 2.05) is 13.8 Å². The molecule has 3 aromatic rings. The molecule has 1 aliphatic heterocycles. The number of allylic oxidation sites excluding steroid dienone is 5. The molecule has 0 N–H and O–H groups in total. The summed E-state index contributed by atoms with van der Waals surface area (Å²) in [7, 11) is 0. The number of hydrogen-bond acceptors (Lipinski definition) is 3. The molecular weight excluding hydrogens is 418 g/mol. The van der Waals surface area contributed by atoms with Gasteiger partial charge in [0.15, 0.2) is 0 Å². The highest BCUT2D eigenvalue weighted by molar-refractivity contribution is 5.85. The molecule has 0 spiro atoms. The molecule has 5 rings (SSSR count). The van der Waals surface area contributed by atoms with Crippen LogP contribution in [0, 0.1) is 19.8 Å². The van der Waals surface area contributed by atoms with Crippen LogP contribution in [0.3, 0.4) is 0 Å². The summed E-state index contributed by atoms with van der Waals surface area (Å²) in [6.45, 7) is 8.11. The van der Waals surface area contributed by atoms with Crippen LogP contribution in [0.25, 0.3) is 16.5 Å². The molecule has 0 unspecified atom stereocenters. The van der Waals surface area contributed by atoms with E-state index in [-0.39, 0.29) is 5.56 Å². The maximum atomic E-state index is 12.7. The molecule has 1 aliphatic carbocycles. The molecule has 174 valence electrons. The molecule has 2 aliphatic rings. The Hall–Kier alpha value is -3.40. The lowest BCUT2D eigenvalue weighted by Gasteiger charge is -2.36. The van der Waals surface area contributed by atoms with Crippen molar-refractivity contribution in [3.8, 4) is 0 Å². The summed E-state index contributed by atoms with van der Waals surface area (Å²) in [6.07, 6.45) is 10.9. The second-order valence-corrected chi connectivity index (χ2v) is 9.70. The molecule has 1 aromatic heterocycles. The van der Waals surface area contributed by atoms with Crippen molar-refractivity contribution in [3.63, 3.8) is 0 Å². The first-order valence-electron chi connectivity index (χ1n) is 12.4. The third kappa shape index (κ3) is 4.50. The fraction of sp³-hybridized carbons (Fsp3) is 0.333. The van der Waals surface area contributed by atoms with Crippen LogP contribution in [0.15, 0.2) is 82.8 Å². The number of fused-ring (bicyclic) bond motifs is 1. The van der Waals surface area contributed by atoms with Crippen LogP contribution in [0.4, 0.5) is 0 Å². The first-order valence-corrected chi connectivity index (χ1v) is 12.4. The summed E-state index contributed by atoms with van der Waals surface area (Å²) in [6, 6.07) is 17.0. The quantitative estimate of drug-likeness (QED) is 0.485. The third-order valence-electron chi connectivity index (χ3n) is 7.28. The van der Waals surface area contributed by atoms with Gasteiger partial charge in [0.05, 0.1) is 5.70 Å². The fourth-order valence-corrected chi connectivity index (χ4v) is 5.57. The van der Waals surface area contributed by atoms with Crippen molar-refractivity contribution in [2.24, 2.45) is 5.92 Å². The van der Waals surface area contributed by atoms with Crippen LogP contribution in [0.2, 0.25) is 0 Å². The molecule has 0 saturated carbocycles. The molecule has 34 heavy (non-hydrogen) atoms. The predicted molar refractivity (Wildman–Crippen MR) is 141 cm³/mol. The Balaban J connectivity index is 1.31. The monoisotopic (exact) mass is 451 g/mol. The van der Waals surface area contributed by atoms with E-state index in [0.29, 0.717) is 0 Å². The lowest BCUT2D eigenvalue weighted by Crippen LogP contribution is -2.34. The molecule has 0 atom stereocenters. The van der Waals surface area contributed by atoms with Gasteiger partial charge in [0.2, 0.25) is 0 Å². The van der Waals surface area contributed by atoms with E-state index >= 15 is 0 Å². The highest BCUT2D eigenvalue weighted by atomic mass is 16.1. The molecule has 1 saturated heterocycles. The zero-order valence-corrected chi connectivity index (χ0v) is 20.4. The summed E-state index contributed by atoms with van der Waals surface area (Å²) < 4.78 is 1.71. The number of piperidine rings is 1. The maximum Gasteiger partial charge on any atom is 0.258 e. The van der Waals surface area contributed by atoms with Crippen molar-refractivity contribution in [1.82, 2.24) is 14.5 Å². The molecule has 0 bridgehead atoms. The molecule has 0 amide bonds. The Kier molecular flexibility index (Phi) is 6.23. The van der Waals surface area contributed by atoms with Crippen LogP contribution in [0.5, 0.6) is 0 Å². The smallest absolute Gasteiger partial charge is 0.258 e. The topological polar surface area (TPSA) is 38.1 Å². The zero-order chi connectivity index (χ0) is 23.7. The lowest BCUT2D eigenvalue weighted by atomic mass is 9.88. The van der Waals surface area contributed by atoms with E-state index in [4.69, 9.17) is 0 Å². The standard InChI is InChI=1S/C30H33N3O/c1-21-18-27(33-23(3)31-22(2)19-30(33)34)11-7-13-29(21)32-16-14-24(15-17-32)20-26-10-6-9-25-8-4-5-12-28(25)26/h4-12,18-19,24H,13-17,20H2,1-3H3. The Morgan fingerprint density at radius 2 is 1.76 bits per heavy atom. The normalized spacial score (nSPS) is 17.3. The first kappa shape index (κ1) is 22.4. The number of aryl methyl sites for hydroxylation is 2. The van der Waals surface area contributed by atoms with Crippen molar-refractivity contribution >= 4 is 16.5 Å². The highest BCUT2D eigenvalue weighted by Gasteiger charge is 2.23. The van der Waals surface area contributed by atoms with E-state index in [2.05, 4.69) is 77.5 Å². The molecular formula is C30H33N3O. The average Bonchev–Trinajstić information content (AvgIpc) is 3.00. The van der Waals surface area contributed by atoms with Gasteiger partial charge in [0.1, 0.15) is 5.82 Å². The molecule has 2 heterocycles. The van der Waals surface area contributed by atoms with Gasteiger partial charge < -0.3 is 4.90 Å². The number of hydrogen-bond donors (Lipinski definition) is 0. The minimum atomic E-state index is -0.0219. The molecule has 1 fully saturated rings. The van der Waals surface area contributed by atoms with Gasteiger partial charge in [-0.15, -0.1) is 0 Å². The Morgan fingerprint density at radius 1 is 1.00 bits per heavy atom. The number of aromatic nitrogens is 2. The van der Waals surface area contributed by atoms with Crippen LogP contribution in [-0.2, 0) is 6.42 Å². The van der Waals surface area contributed by atoms with Crippen molar-refractivity contribution in [3.05, 3.63) is 105 Å². The second kappa shape index (κ2) is 9.46. The first-order chi connectivity index (χ1) is 16.5. The molecule has 4 nitrogen and oxygen atoms in total. The van der Waals surface area contributed by atoms with Crippen molar-refractivity contribution in [1.29, 1.82) is 0 Å². The number of nitrogens with zero attached hydrogens (tertiary/aromatic N) is 3. The van der Waals surface area contributed by atoms with Crippen molar-refractivity contribution < 1.29 is 0 Å². The fourth-order valence-electron chi connectivity index (χ4n) is 5.57. The third-order valence-corrected chi connectivity index (χ3v) is 7.28. The van der Waals surface area contributed by atoms with Crippen LogP contribution in [-0.4, -0.2) is 27.5 Å². The molecule has 2 aromatic carbocycles. The molecule has 0 radical (unpaired) electrons. The average molecular weight is 452 g/mol. The number of likely N-dealkylation sites (tertiary alicyclic amines) is 1. The van der Waals surface area contributed by atoms with Gasteiger partial charge in [-0.2, -0.15) is 0 Å². The van der Waals surface area contributed by atoms with Crippen LogP contribution < -0.4 is 5.56 Å². The van der Waals surface area contributed by atoms with Gasteiger partial charge in [-0.05, 0) is 80.0 Å². The van der Waals surface area contributed by atoms with Crippen LogP contribution in [0.1, 0.15) is 43.3 Å². The highest BCUT2D eigenvalue weighted by Crippen LogP contribution is 2.30. The molecule has 4 heteroatoms. The summed E-state index contributed by atoms with van der Waals surface area (Å²) in [5.41, 5.74) is 5.72. The van der Waals surface area contributed by atoms with Gasteiger partial charge in [0.25, 0.3) is 5.56 Å². The van der Waals surface area contributed by atoms with Gasteiger partial charge in [-0.1, -0.05) is 48.5 Å². The minimum Gasteiger partial charge on any atom is -0.374 e. The van der Waals surface area contributed by atoms with Gasteiger partial charge in [0, 0.05) is 37.0 Å². The lowest BCUT2D eigenvalue weighted by molar-refractivity contribution is 0.222.